The van der Waals surface area contributed by atoms with Crippen LogP contribution in [-0.2, 0) is 12.6 Å². The van der Waals surface area contributed by atoms with Gasteiger partial charge in [-0.3, -0.25) is 0 Å². The van der Waals surface area contributed by atoms with Crippen LogP contribution in [0.15, 0.2) is 46.2 Å². The van der Waals surface area contributed by atoms with E-state index in [0.717, 1.165) is 23.9 Å². The fourth-order valence-electron chi connectivity index (χ4n) is 2.30. The maximum atomic E-state index is 13.3. The van der Waals surface area contributed by atoms with Gasteiger partial charge in [0.05, 0.1) is 11.7 Å². The van der Waals surface area contributed by atoms with E-state index < -0.39 is 23.7 Å². The van der Waals surface area contributed by atoms with Gasteiger partial charge in [0.25, 0.3) is 0 Å². The fourth-order valence-corrected chi connectivity index (χ4v) is 3.46. The minimum absolute atomic E-state index is 0.164. The summed E-state index contributed by atoms with van der Waals surface area (Å²) >= 11 is 1.12. The van der Waals surface area contributed by atoms with E-state index in [1.807, 2.05) is 0 Å². The third kappa shape index (κ3) is 2.78. The molecule has 0 radical (unpaired) electrons. The second kappa shape index (κ2) is 5.03. The first-order valence-corrected chi connectivity index (χ1v) is 7.02. The molecule has 3 rings (SSSR count). The molecule has 0 bridgehead atoms. The number of hydrogen-bond acceptors (Lipinski definition) is 2. The first-order chi connectivity index (χ1) is 9.84. The molecule has 0 saturated heterocycles. The van der Waals surface area contributed by atoms with Gasteiger partial charge in [-0.2, -0.15) is 13.2 Å². The highest BCUT2D eigenvalue weighted by Crippen LogP contribution is 2.43. The molecular formula is C15H10F4OS. The molecule has 1 aliphatic heterocycles. The Kier molecular flexibility index (Phi) is 3.45. The summed E-state index contributed by atoms with van der Waals surface area (Å²) in [7, 11) is 0. The van der Waals surface area contributed by atoms with Gasteiger partial charge >= 0.3 is 6.18 Å². The summed E-state index contributed by atoms with van der Waals surface area (Å²) in [5.74, 6) is -0.477. The SMILES string of the molecule is OC1Cc2ccc(C(F)(F)F)cc2Sc2ccc(F)cc21. The van der Waals surface area contributed by atoms with E-state index in [1.54, 1.807) is 0 Å². The van der Waals surface area contributed by atoms with Crippen molar-refractivity contribution < 1.29 is 22.7 Å². The Morgan fingerprint density at radius 1 is 1.05 bits per heavy atom. The van der Waals surface area contributed by atoms with E-state index in [-0.39, 0.29) is 6.42 Å². The fraction of sp³-hybridized carbons (Fsp3) is 0.200. The summed E-state index contributed by atoms with van der Waals surface area (Å²) in [5, 5.41) is 10.1. The highest BCUT2D eigenvalue weighted by atomic mass is 32.2. The summed E-state index contributed by atoms with van der Waals surface area (Å²) < 4.78 is 51.6. The van der Waals surface area contributed by atoms with Crippen LogP contribution in [0.4, 0.5) is 17.6 Å². The Morgan fingerprint density at radius 2 is 1.81 bits per heavy atom. The summed E-state index contributed by atoms with van der Waals surface area (Å²) in [6.07, 6.45) is -5.18. The van der Waals surface area contributed by atoms with Crippen LogP contribution in [-0.4, -0.2) is 5.11 Å². The minimum Gasteiger partial charge on any atom is -0.388 e. The molecule has 1 heterocycles. The van der Waals surface area contributed by atoms with Gasteiger partial charge in [-0.05, 0) is 41.5 Å². The summed E-state index contributed by atoms with van der Waals surface area (Å²) in [6, 6.07) is 7.39. The molecule has 1 unspecified atom stereocenters. The van der Waals surface area contributed by atoms with Crippen LogP contribution in [0.3, 0.4) is 0 Å². The van der Waals surface area contributed by atoms with Crippen molar-refractivity contribution in [1.29, 1.82) is 0 Å². The van der Waals surface area contributed by atoms with Crippen molar-refractivity contribution in [3.8, 4) is 0 Å². The largest absolute Gasteiger partial charge is 0.416 e. The minimum atomic E-state index is -4.41. The lowest BCUT2D eigenvalue weighted by atomic mass is 10.0. The highest BCUT2D eigenvalue weighted by Gasteiger charge is 2.32. The van der Waals surface area contributed by atoms with E-state index in [1.165, 1.54) is 24.3 Å². The number of benzene rings is 2. The summed E-state index contributed by atoms with van der Waals surface area (Å²) in [5.41, 5.74) is 0.302. The Balaban J connectivity index is 2.09. The van der Waals surface area contributed by atoms with Crippen LogP contribution in [0, 0.1) is 5.82 Å². The molecule has 1 aliphatic rings. The number of hydrogen-bond donors (Lipinski definition) is 1. The van der Waals surface area contributed by atoms with Gasteiger partial charge in [-0.15, -0.1) is 0 Å². The zero-order chi connectivity index (χ0) is 15.2. The molecule has 110 valence electrons. The molecule has 2 aromatic rings. The average Bonchev–Trinajstić information content (AvgIpc) is 2.53. The van der Waals surface area contributed by atoms with E-state index in [2.05, 4.69) is 0 Å². The predicted molar refractivity (Wildman–Crippen MR) is 70.6 cm³/mol. The van der Waals surface area contributed by atoms with Crippen molar-refractivity contribution in [1.82, 2.24) is 0 Å². The van der Waals surface area contributed by atoms with E-state index >= 15 is 0 Å². The molecule has 0 spiro atoms. The van der Waals surface area contributed by atoms with Crippen LogP contribution >= 0.6 is 11.8 Å². The predicted octanol–water partition coefficient (Wildman–Crippen LogP) is 4.59. The molecular weight excluding hydrogens is 304 g/mol. The first-order valence-electron chi connectivity index (χ1n) is 6.20. The molecule has 0 saturated carbocycles. The molecule has 1 atom stereocenters. The van der Waals surface area contributed by atoms with Crippen LogP contribution in [0.25, 0.3) is 0 Å². The van der Waals surface area contributed by atoms with Crippen LogP contribution in [0.2, 0.25) is 0 Å². The molecule has 0 fully saturated rings. The van der Waals surface area contributed by atoms with Gasteiger partial charge in [0, 0.05) is 16.2 Å². The maximum absolute atomic E-state index is 13.3. The normalized spacial score (nSPS) is 17.9. The molecule has 2 aromatic carbocycles. The molecule has 0 aliphatic carbocycles. The molecule has 1 N–H and O–H groups in total. The summed E-state index contributed by atoms with van der Waals surface area (Å²) in [4.78, 5) is 1.01. The molecule has 21 heavy (non-hydrogen) atoms. The topological polar surface area (TPSA) is 20.2 Å². The van der Waals surface area contributed by atoms with Crippen molar-refractivity contribution >= 4 is 11.8 Å². The summed E-state index contributed by atoms with van der Waals surface area (Å²) in [6.45, 7) is 0. The van der Waals surface area contributed by atoms with Crippen LogP contribution < -0.4 is 0 Å². The molecule has 0 amide bonds. The van der Waals surface area contributed by atoms with Crippen molar-refractivity contribution in [3.63, 3.8) is 0 Å². The average molecular weight is 314 g/mol. The lowest BCUT2D eigenvalue weighted by molar-refractivity contribution is -0.137. The monoisotopic (exact) mass is 314 g/mol. The van der Waals surface area contributed by atoms with Gasteiger partial charge in [0.2, 0.25) is 0 Å². The number of rotatable bonds is 0. The quantitative estimate of drug-likeness (QED) is 0.718. The number of halogens is 4. The number of aliphatic hydroxyl groups is 1. The number of aliphatic hydroxyl groups excluding tert-OH is 1. The second-order valence-electron chi connectivity index (χ2n) is 4.82. The van der Waals surface area contributed by atoms with E-state index in [0.29, 0.717) is 20.9 Å². The van der Waals surface area contributed by atoms with Crippen LogP contribution in [0.5, 0.6) is 0 Å². The molecule has 0 aromatic heterocycles. The second-order valence-corrected chi connectivity index (χ2v) is 5.91. The highest BCUT2D eigenvalue weighted by molar-refractivity contribution is 7.99. The Hall–Kier alpha value is -1.53. The third-order valence-electron chi connectivity index (χ3n) is 3.36. The van der Waals surface area contributed by atoms with E-state index in [4.69, 9.17) is 0 Å². The smallest absolute Gasteiger partial charge is 0.388 e. The lowest BCUT2D eigenvalue weighted by Gasteiger charge is -2.11. The standard InChI is InChI=1S/C15H10F4OS/c16-10-3-4-13-11(7-10)12(20)5-8-1-2-9(15(17,18)19)6-14(8)21-13/h1-4,6-7,12,20H,5H2. The molecule has 1 nitrogen and oxygen atoms in total. The zero-order valence-corrected chi connectivity index (χ0v) is 11.4. The Morgan fingerprint density at radius 3 is 2.52 bits per heavy atom. The van der Waals surface area contributed by atoms with Crippen molar-refractivity contribution in [2.75, 3.05) is 0 Å². The van der Waals surface area contributed by atoms with E-state index in [9.17, 15) is 22.7 Å². The maximum Gasteiger partial charge on any atom is 0.416 e. The lowest BCUT2D eigenvalue weighted by Crippen LogP contribution is -2.06. The Labute approximate surface area is 122 Å². The number of fused-ring (bicyclic) bond motifs is 2. The van der Waals surface area contributed by atoms with Gasteiger partial charge in [-0.1, -0.05) is 17.8 Å². The third-order valence-corrected chi connectivity index (χ3v) is 4.55. The van der Waals surface area contributed by atoms with Gasteiger partial charge in [-0.25, -0.2) is 4.39 Å². The molecule has 6 heteroatoms. The first kappa shape index (κ1) is 14.4. The van der Waals surface area contributed by atoms with Gasteiger partial charge in [0.1, 0.15) is 5.82 Å². The van der Waals surface area contributed by atoms with Gasteiger partial charge < -0.3 is 5.11 Å². The van der Waals surface area contributed by atoms with Crippen molar-refractivity contribution in [2.24, 2.45) is 0 Å². The van der Waals surface area contributed by atoms with Crippen LogP contribution in [0.1, 0.15) is 22.8 Å². The van der Waals surface area contributed by atoms with Crippen molar-refractivity contribution in [2.45, 2.75) is 28.5 Å². The van der Waals surface area contributed by atoms with Crippen molar-refractivity contribution in [3.05, 3.63) is 58.9 Å². The number of alkyl halides is 3. The zero-order valence-electron chi connectivity index (χ0n) is 10.6. The van der Waals surface area contributed by atoms with Gasteiger partial charge in [0.15, 0.2) is 0 Å². The Bertz CT molecular complexity index is 697.